The van der Waals surface area contributed by atoms with E-state index in [4.69, 9.17) is 34.8 Å². The lowest BCUT2D eigenvalue weighted by Gasteiger charge is -2.35. The minimum atomic E-state index is 0.0578. The monoisotopic (exact) mass is 490 g/mol. The molecule has 32 heavy (non-hydrogen) atoms. The first-order valence-corrected chi connectivity index (χ1v) is 11.7. The van der Waals surface area contributed by atoms with Gasteiger partial charge in [-0.2, -0.15) is 5.10 Å². The van der Waals surface area contributed by atoms with Crippen LogP contribution < -0.4 is 0 Å². The summed E-state index contributed by atoms with van der Waals surface area (Å²) in [5.74, 6) is 0.0578. The van der Waals surface area contributed by atoms with Crippen LogP contribution >= 0.6 is 34.8 Å². The molecule has 0 radical (unpaired) electrons. The van der Waals surface area contributed by atoms with E-state index >= 15 is 0 Å². The van der Waals surface area contributed by atoms with Crippen molar-refractivity contribution < 1.29 is 4.79 Å². The molecule has 0 spiro atoms. The maximum atomic E-state index is 13.1. The number of benzene rings is 2. The van der Waals surface area contributed by atoms with Crippen LogP contribution in [0.5, 0.6) is 0 Å². The third-order valence-electron chi connectivity index (χ3n) is 5.87. The smallest absolute Gasteiger partial charge is 0.253 e. The fourth-order valence-electron chi connectivity index (χ4n) is 3.99. The second kappa shape index (κ2) is 9.84. The molecule has 0 unspecified atom stereocenters. The minimum absolute atomic E-state index is 0.0578. The first-order chi connectivity index (χ1) is 15.3. The van der Waals surface area contributed by atoms with Crippen LogP contribution in [0.25, 0.3) is 0 Å². The van der Waals surface area contributed by atoms with E-state index in [9.17, 15) is 4.79 Å². The van der Waals surface area contributed by atoms with E-state index in [2.05, 4.69) is 10.00 Å². The molecule has 0 bridgehead atoms. The molecule has 1 fully saturated rings. The molecule has 5 nitrogen and oxygen atoms in total. The molecule has 2 aromatic carbocycles. The lowest BCUT2D eigenvalue weighted by Crippen LogP contribution is -2.48. The number of amides is 1. The highest BCUT2D eigenvalue weighted by atomic mass is 35.5. The zero-order valence-electron chi connectivity index (χ0n) is 18.1. The van der Waals surface area contributed by atoms with Crippen LogP contribution in [0, 0.1) is 13.8 Å². The van der Waals surface area contributed by atoms with Gasteiger partial charge >= 0.3 is 0 Å². The van der Waals surface area contributed by atoms with E-state index in [1.807, 2.05) is 59.8 Å². The molecule has 1 amide bonds. The minimum Gasteiger partial charge on any atom is -0.336 e. The van der Waals surface area contributed by atoms with Gasteiger partial charge in [0, 0.05) is 48.3 Å². The summed E-state index contributed by atoms with van der Waals surface area (Å²) in [6.07, 6.45) is 0. The maximum Gasteiger partial charge on any atom is 0.253 e. The molecule has 4 rings (SSSR count). The van der Waals surface area contributed by atoms with Crippen molar-refractivity contribution in [2.45, 2.75) is 26.9 Å². The molecule has 0 aliphatic carbocycles. The Bertz CT molecular complexity index is 1140. The van der Waals surface area contributed by atoms with Crippen LogP contribution in [0.3, 0.4) is 0 Å². The molecule has 1 aliphatic rings. The molecule has 0 atom stereocenters. The van der Waals surface area contributed by atoms with Crippen LogP contribution in [0.1, 0.15) is 32.9 Å². The van der Waals surface area contributed by atoms with Crippen molar-refractivity contribution in [3.8, 4) is 0 Å². The van der Waals surface area contributed by atoms with Gasteiger partial charge in [0.05, 0.1) is 23.0 Å². The number of aryl methyl sites for hydroxylation is 1. The topological polar surface area (TPSA) is 41.4 Å². The number of rotatable bonds is 5. The number of aromatic nitrogens is 2. The summed E-state index contributed by atoms with van der Waals surface area (Å²) in [5, 5.41) is 6.49. The van der Waals surface area contributed by atoms with E-state index in [1.54, 1.807) is 6.07 Å². The highest BCUT2D eigenvalue weighted by Gasteiger charge is 2.23. The molecule has 0 N–H and O–H groups in total. The van der Waals surface area contributed by atoms with Crippen LogP contribution in [-0.2, 0) is 13.1 Å². The van der Waals surface area contributed by atoms with Crippen molar-refractivity contribution in [1.29, 1.82) is 0 Å². The van der Waals surface area contributed by atoms with E-state index in [0.29, 0.717) is 40.3 Å². The molecule has 1 aromatic heterocycles. The van der Waals surface area contributed by atoms with Gasteiger partial charge in [0.2, 0.25) is 0 Å². The Morgan fingerprint density at radius 2 is 1.72 bits per heavy atom. The van der Waals surface area contributed by atoms with Gasteiger partial charge in [-0.1, -0.05) is 53.0 Å². The van der Waals surface area contributed by atoms with Crippen molar-refractivity contribution in [3.05, 3.63) is 85.6 Å². The Morgan fingerprint density at radius 1 is 0.969 bits per heavy atom. The second-order valence-corrected chi connectivity index (χ2v) is 9.37. The van der Waals surface area contributed by atoms with E-state index < -0.39 is 0 Å². The van der Waals surface area contributed by atoms with E-state index in [1.165, 1.54) is 0 Å². The summed E-state index contributed by atoms with van der Waals surface area (Å²) >= 11 is 18.6. The van der Waals surface area contributed by atoms with Crippen LogP contribution in [0.15, 0.2) is 42.5 Å². The predicted octanol–water partition coefficient (Wildman–Crippen LogP) is 5.47. The summed E-state index contributed by atoms with van der Waals surface area (Å²) in [6.45, 7) is 8.14. The Morgan fingerprint density at radius 3 is 2.38 bits per heavy atom. The molecule has 1 aliphatic heterocycles. The van der Waals surface area contributed by atoms with Crippen molar-refractivity contribution in [2.75, 3.05) is 26.2 Å². The highest BCUT2D eigenvalue weighted by Crippen LogP contribution is 2.23. The number of hydrogen-bond acceptors (Lipinski definition) is 3. The van der Waals surface area contributed by atoms with Gasteiger partial charge in [-0.3, -0.25) is 14.4 Å². The number of hydrogen-bond donors (Lipinski definition) is 0. The highest BCUT2D eigenvalue weighted by molar-refractivity contribution is 6.35. The Labute approximate surface area is 203 Å². The quantitative estimate of drug-likeness (QED) is 0.475. The zero-order chi connectivity index (χ0) is 22.8. The number of piperazine rings is 1. The number of carbonyl (C=O) groups is 1. The summed E-state index contributed by atoms with van der Waals surface area (Å²) in [7, 11) is 0. The van der Waals surface area contributed by atoms with Crippen molar-refractivity contribution >= 4 is 40.7 Å². The zero-order valence-corrected chi connectivity index (χ0v) is 20.4. The second-order valence-electron chi connectivity index (χ2n) is 8.15. The standard InChI is InChI=1S/C24H25Cl3N4O/c1-16-23(27)17(2)31(28-16)14-18-4-3-5-19(12-18)24(32)30-10-8-29(9-11-30)15-20-6-7-21(25)13-22(20)26/h3-7,12-13H,8-11,14-15H2,1-2H3. The molecule has 3 aromatic rings. The van der Waals surface area contributed by atoms with Crippen molar-refractivity contribution in [3.63, 3.8) is 0 Å². The number of halogens is 3. The van der Waals surface area contributed by atoms with E-state index in [0.717, 1.165) is 42.1 Å². The van der Waals surface area contributed by atoms with Gasteiger partial charge in [-0.05, 0) is 49.2 Å². The average Bonchev–Trinajstić information content (AvgIpc) is 3.02. The third kappa shape index (κ3) is 5.12. The molecule has 0 saturated carbocycles. The van der Waals surface area contributed by atoms with Gasteiger partial charge in [-0.15, -0.1) is 0 Å². The molecule has 1 saturated heterocycles. The Balaban J connectivity index is 1.38. The predicted molar refractivity (Wildman–Crippen MR) is 130 cm³/mol. The maximum absolute atomic E-state index is 13.1. The SMILES string of the molecule is Cc1nn(Cc2cccc(C(=O)N3CCN(Cc4ccc(Cl)cc4Cl)CC3)c2)c(C)c1Cl. The lowest BCUT2D eigenvalue weighted by atomic mass is 10.1. The Hall–Kier alpha value is -2.05. The largest absolute Gasteiger partial charge is 0.336 e. The molecular weight excluding hydrogens is 467 g/mol. The summed E-state index contributed by atoms with van der Waals surface area (Å²) in [4.78, 5) is 17.3. The van der Waals surface area contributed by atoms with Gasteiger partial charge in [0.15, 0.2) is 0 Å². The van der Waals surface area contributed by atoms with Crippen molar-refractivity contribution in [2.24, 2.45) is 0 Å². The summed E-state index contributed by atoms with van der Waals surface area (Å²) < 4.78 is 1.88. The van der Waals surface area contributed by atoms with Crippen LogP contribution in [0.2, 0.25) is 15.1 Å². The van der Waals surface area contributed by atoms with Gasteiger partial charge < -0.3 is 4.90 Å². The average molecular weight is 492 g/mol. The fraction of sp³-hybridized carbons (Fsp3) is 0.333. The fourth-order valence-corrected chi connectivity index (χ4v) is 4.59. The number of carbonyl (C=O) groups excluding carboxylic acids is 1. The van der Waals surface area contributed by atoms with E-state index in [-0.39, 0.29) is 5.91 Å². The summed E-state index contributed by atoms with van der Waals surface area (Å²) in [6, 6.07) is 13.3. The number of nitrogens with zero attached hydrogens (tertiary/aromatic N) is 4. The van der Waals surface area contributed by atoms with Crippen molar-refractivity contribution in [1.82, 2.24) is 19.6 Å². The summed E-state index contributed by atoms with van der Waals surface area (Å²) in [5.41, 5.74) is 4.51. The Kier molecular flexibility index (Phi) is 7.11. The first-order valence-electron chi connectivity index (χ1n) is 10.6. The molecule has 168 valence electrons. The first kappa shape index (κ1) is 23.1. The van der Waals surface area contributed by atoms with Crippen LogP contribution in [-0.4, -0.2) is 51.7 Å². The van der Waals surface area contributed by atoms with Gasteiger partial charge in [0.25, 0.3) is 5.91 Å². The lowest BCUT2D eigenvalue weighted by molar-refractivity contribution is 0.0628. The molecular formula is C24H25Cl3N4O. The molecule has 2 heterocycles. The third-order valence-corrected chi connectivity index (χ3v) is 7.00. The van der Waals surface area contributed by atoms with Gasteiger partial charge in [0.1, 0.15) is 0 Å². The normalized spacial score (nSPS) is 14.7. The van der Waals surface area contributed by atoms with Gasteiger partial charge in [-0.25, -0.2) is 0 Å². The van der Waals surface area contributed by atoms with Crippen LogP contribution in [0.4, 0.5) is 0 Å². The molecule has 8 heteroatoms.